The number of hydrogen-bond acceptors (Lipinski definition) is 1. The smallest absolute Gasteiger partial charge is 0.0281 e. The molecule has 1 aromatic heterocycles. The van der Waals surface area contributed by atoms with Gasteiger partial charge in [-0.1, -0.05) is 12.8 Å². The highest BCUT2D eigenvalue weighted by Crippen LogP contribution is 2.26. The zero-order chi connectivity index (χ0) is 9.97. The number of hydrogen-bond donors (Lipinski definition) is 1. The SMILES string of the molecule is CC(N)c1ccn(CC2CCCC2)c1. The van der Waals surface area contributed by atoms with Crippen molar-refractivity contribution >= 4 is 0 Å². The van der Waals surface area contributed by atoms with Crippen LogP contribution in [0.4, 0.5) is 0 Å². The Morgan fingerprint density at radius 2 is 2.21 bits per heavy atom. The van der Waals surface area contributed by atoms with Gasteiger partial charge in [-0.2, -0.15) is 0 Å². The molecule has 0 amide bonds. The van der Waals surface area contributed by atoms with E-state index in [9.17, 15) is 0 Å². The molecule has 2 rings (SSSR count). The van der Waals surface area contributed by atoms with Crippen molar-refractivity contribution in [1.29, 1.82) is 0 Å². The normalized spacial score (nSPS) is 20.1. The number of nitrogens with zero attached hydrogens (tertiary/aromatic N) is 1. The van der Waals surface area contributed by atoms with E-state index < -0.39 is 0 Å². The maximum atomic E-state index is 5.82. The number of aromatic nitrogens is 1. The second-order valence-corrected chi connectivity index (χ2v) is 4.58. The van der Waals surface area contributed by atoms with Crippen molar-refractivity contribution in [2.45, 2.75) is 45.2 Å². The van der Waals surface area contributed by atoms with Gasteiger partial charge in [0.25, 0.3) is 0 Å². The molecule has 1 aliphatic rings. The van der Waals surface area contributed by atoms with E-state index >= 15 is 0 Å². The van der Waals surface area contributed by atoms with Crippen LogP contribution in [0.3, 0.4) is 0 Å². The Labute approximate surface area is 86.1 Å². The van der Waals surface area contributed by atoms with Gasteiger partial charge in [0.05, 0.1) is 0 Å². The van der Waals surface area contributed by atoms with Gasteiger partial charge < -0.3 is 10.3 Å². The summed E-state index contributed by atoms with van der Waals surface area (Å²) in [7, 11) is 0. The first-order valence-electron chi connectivity index (χ1n) is 5.67. The second-order valence-electron chi connectivity index (χ2n) is 4.58. The molecule has 2 nitrogen and oxygen atoms in total. The number of nitrogens with two attached hydrogens (primary N) is 1. The van der Waals surface area contributed by atoms with Crippen LogP contribution >= 0.6 is 0 Å². The van der Waals surface area contributed by atoms with Crippen LogP contribution in [0.1, 0.15) is 44.2 Å². The lowest BCUT2D eigenvalue weighted by molar-refractivity contribution is 0.458. The molecule has 14 heavy (non-hydrogen) atoms. The lowest BCUT2D eigenvalue weighted by atomic mass is 10.1. The summed E-state index contributed by atoms with van der Waals surface area (Å²) < 4.78 is 2.30. The fraction of sp³-hybridized carbons (Fsp3) is 0.667. The highest BCUT2D eigenvalue weighted by atomic mass is 14.9. The number of rotatable bonds is 3. The topological polar surface area (TPSA) is 30.9 Å². The van der Waals surface area contributed by atoms with Crippen molar-refractivity contribution in [2.75, 3.05) is 0 Å². The summed E-state index contributed by atoms with van der Waals surface area (Å²) in [5, 5.41) is 0. The fourth-order valence-corrected chi connectivity index (χ4v) is 2.33. The molecule has 2 heteroatoms. The Hall–Kier alpha value is -0.760. The average molecular weight is 192 g/mol. The van der Waals surface area contributed by atoms with E-state index in [1.807, 2.05) is 6.92 Å². The van der Waals surface area contributed by atoms with Crippen molar-refractivity contribution in [3.63, 3.8) is 0 Å². The average Bonchev–Trinajstić information content (AvgIpc) is 2.75. The second kappa shape index (κ2) is 4.18. The van der Waals surface area contributed by atoms with Crippen LogP contribution in [0, 0.1) is 5.92 Å². The van der Waals surface area contributed by atoms with E-state index in [1.54, 1.807) is 0 Å². The van der Waals surface area contributed by atoms with E-state index in [4.69, 9.17) is 5.73 Å². The van der Waals surface area contributed by atoms with Crippen LogP contribution in [0.25, 0.3) is 0 Å². The fourth-order valence-electron chi connectivity index (χ4n) is 2.33. The molecule has 1 atom stereocenters. The van der Waals surface area contributed by atoms with E-state index in [-0.39, 0.29) is 6.04 Å². The molecular formula is C12H20N2. The van der Waals surface area contributed by atoms with Crippen LogP contribution < -0.4 is 5.73 Å². The maximum absolute atomic E-state index is 5.82. The van der Waals surface area contributed by atoms with E-state index in [2.05, 4.69) is 23.0 Å². The summed E-state index contributed by atoms with van der Waals surface area (Å²) in [6.07, 6.45) is 10.0. The Kier molecular flexibility index (Phi) is 2.92. The highest BCUT2D eigenvalue weighted by molar-refractivity contribution is 5.13. The molecule has 1 aliphatic carbocycles. The molecule has 1 saturated carbocycles. The van der Waals surface area contributed by atoms with E-state index in [0.29, 0.717) is 0 Å². The third-order valence-corrected chi connectivity index (χ3v) is 3.24. The third kappa shape index (κ3) is 2.18. The first-order valence-corrected chi connectivity index (χ1v) is 5.67. The van der Waals surface area contributed by atoms with Crippen molar-refractivity contribution in [1.82, 2.24) is 4.57 Å². The van der Waals surface area contributed by atoms with Crippen molar-refractivity contribution in [3.8, 4) is 0 Å². The Morgan fingerprint density at radius 1 is 1.50 bits per heavy atom. The first kappa shape index (κ1) is 9.78. The molecule has 1 unspecified atom stereocenters. The monoisotopic (exact) mass is 192 g/mol. The van der Waals surface area contributed by atoms with Crippen LogP contribution in [0.15, 0.2) is 18.5 Å². The molecule has 0 aliphatic heterocycles. The molecule has 1 aromatic rings. The molecule has 0 saturated heterocycles. The largest absolute Gasteiger partial charge is 0.354 e. The molecular weight excluding hydrogens is 172 g/mol. The molecule has 0 spiro atoms. The summed E-state index contributed by atoms with van der Waals surface area (Å²) in [5.41, 5.74) is 7.07. The summed E-state index contributed by atoms with van der Waals surface area (Å²) in [6.45, 7) is 3.22. The van der Waals surface area contributed by atoms with Crippen LogP contribution in [-0.4, -0.2) is 4.57 Å². The molecule has 1 heterocycles. The minimum absolute atomic E-state index is 0.167. The van der Waals surface area contributed by atoms with Gasteiger partial charge in [-0.25, -0.2) is 0 Å². The third-order valence-electron chi connectivity index (χ3n) is 3.24. The summed E-state index contributed by atoms with van der Waals surface area (Å²) in [5.74, 6) is 0.906. The Balaban J connectivity index is 1.95. The van der Waals surface area contributed by atoms with Crippen molar-refractivity contribution in [3.05, 3.63) is 24.0 Å². The first-order chi connectivity index (χ1) is 6.75. The van der Waals surface area contributed by atoms with Crippen LogP contribution in [0.5, 0.6) is 0 Å². The molecule has 0 radical (unpaired) electrons. The minimum atomic E-state index is 0.167. The Morgan fingerprint density at radius 3 is 2.79 bits per heavy atom. The van der Waals surface area contributed by atoms with Crippen LogP contribution in [0.2, 0.25) is 0 Å². The lowest BCUT2D eigenvalue weighted by Crippen LogP contribution is -2.06. The maximum Gasteiger partial charge on any atom is 0.0281 e. The summed E-state index contributed by atoms with van der Waals surface area (Å²) >= 11 is 0. The van der Waals surface area contributed by atoms with Gasteiger partial charge in [-0.05, 0) is 37.3 Å². The quantitative estimate of drug-likeness (QED) is 0.784. The standard InChI is InChI=1S/C12H20N2/c1-10(13)12-6-7-14(9-12)8-11-4-2-3-5-11/h6-7,9-11H,2-5,8,13H2,1H3. The van der Waals surface area contributed by atoms with Gasteiger partial charge in [0.1, 0.15) is 0 Å². The molecule has 0 bridgehead atoms. The summed E-state index contributed by atoms with van der Waals surface area (Å²) in [6, 6.07) is 2.31. The molecule has 2 N–H and O–H groups in total. The summed E-state index contributed by atoms with van der Waals surface area (Å²) in [4.78, 5) is 0. The van der Waals surface area contributed by atoms with Crippen molar-refractivity contribution < 1.29 is 0 Å². The van der Waals surface area contributed by atoms with Gasteiger partial charge in [0.2, 0.25) is 0 Å². The zero-order valence-electron chi connectivity index (χ0n) is 8.95. The molecule has 78 valence electrons. The minimum Gasteiger partial charge on any atom is -0.354 e. The molecule has 0 aromatic carbocycles. The van der Waals surface area contributed by atoms with E-state index in [0.717, 1.165) is 5.92 Å². The van der Waals surface area contributed by atoms with Crippen molar-refractivity contribution in [2.24, 2.45) is 11.7 Å². The van der Waals surface area contributed by atoms with Gasteiger partial charge in [0, 0.05) is 25.0 Å². The lowest BCUT2D eigenvalue weighted by Gasteiger charge is -2.09. The van der Waals surface area contributed by atoms with Gasteiger partial charge >= 0.3 is 0 Å². The van der Waals surface area contributed by atoms with Gasteiger partial charge in [-0.15, -0.1) is 0 Å². The highest BCUT2D eigenvalue weighted by Gasteiger charge is 2.15. The van der Waals surface area contributed by atoms with Gasteiger partial charge in [-0.3, -0.25) is 0 Å². The predicted octanol–water partition coefficient (Wildman–Crippen LogP) is 2.70. The molecule has 1 fully saturated rings. The zero-order valence-corrected chi connectivity index (χ0v) is 8.95. The van der Waals surface area contributed by atoms with Gasteiger partial charge in [0.15, 0.2) is 0 Å². The predicted molar refractivity (Wildman–Crippen MR) is 59.0 cm³/mol. The van der Waals surface area contributed by atoms with Crippen LogP contribution in [-0.2, 0) is 6.54 Å². The van der Waals surface area contributed by atoms with E-state index in [1.165, 1.54) is 37.8 Å². The Bertz CT molecular complexity index is 282.